The number of benzene rings is 3. The number of thioether (sulfide) groups is 1. The summed E-state index contributed by atoms with van der Waals surface area (Å²) in [5.41, 5.74) is 4.77. The van der Waals surface area contributed by atoms with E-state index in [2.05, 4.69) is 4.98 Å². The molecule has 186 valence electrons. The summed E-state index contributed by atoms with van der Waals surface area (Å²) >= 11 is 1.62. The highest BCUT2D eigenvalue weighted by Crippen LogP contribution is 2.37. The van der Waals surface area contributed by atoms with Crippen LogP contribution in [0.4, 0.5) is 0 Å². The molecule has 0 amide bonds. The van der Waals surface area contributed by atoms with Gasteiger partial charge in [-0.05, 0) is 79.1 Å². The second-order valence-electron chi connectivity index (χ2n) is 9.45. The standard InChI is InChI=1S/C29H29NO4S2/c1-29(2,36(4,33)34)23-17-22-9-6-14-30-27(22)25(18-23)21-8-5-7-19(15-21)16-26(28(31)32)20-10-12-24(35-3)13-11-20/h5-15,17-18,26H,16H2,1-4H3,(H,31,32). The van der Waals surface area contributed by atoms with E-state index >= 15 is 0 Å². The van der Waals surface area contributed by atoms with E-state index in [9.17, 15) is 18.3 Å². The Kier molecular flexibility index (Phi) is 7.25. The van der Waals surface area contributed by atoms with Crippen molar-refractivity contribution in [3.63, 3.8) is 0 Å². The van der Waals surface area contributed by atoms with Gasteiger partial charge in [-0.25, -0.2) is 8.42 Å². The van der Waals surface area contributed by atoms with Crippen LogP contribution in [0, 0.1) is 0 Å². The van der Waals surface area contributed by atoms with Crippen LogP contribution in [0.3, 0.4) is 0 Å². The summed E-state index contributed by atoms with van der Waals surface area (Å²) in [7, 11) is -3.38. The molecule has 7 heteroatoms. The minimum absolute atomic E-state index is 0.335. The third-order valence-electron chi connectivity index (χ3n) is 6.82. The van der Waals surface area contributed by atoms with Gasteiger partial charge in [0.25, 0.3) is 0 Å². The molecule has 0 aliphatic rings. The number of fused-ring (bicyclic) bond motifs is 1. The highest BCUT2D eigenvalue weighted by Gasteiger charge is 2.33. The van der Waals surface area contributed by atoms with Gasteiger partial charge in [0.2, 0.25) is 0 Å². The average Bonchev–Trinajstić information content (AvgIpc) is 2.86. The van der Waals surface area contributed by atoms with Crippen molar-refractivity contribution in [3.8, 4) is 11.1 Å². The molecule has 0 bridgehead atoms. The van der Waals surface area contributed by atoms with Gasteiger partial charge in [-0.2, -0.15) is 0 Å². The summed E-state index contributed by atoms with van der Waals surface area (Å²) in [6.45, 7) is 3.42. The first-order chi connectivity index (χ1) is 17.0. The summed E-state index contributed by atoms with van der Waals surface area (Å²) in [6, 6.07) is 22.9. The fourth-order valence-electron chi connectivity index (χ4n) is 4.26. The van der Waals surface area contributed by atoms with Gasteiger partial charge in [-0.1, -0.05) is 42.5 Å². The molecule has 36 heavy (non-hydrogen) atoms. The third-order valence-corrected chi connectivity index (χ3v) is 9.65. The molecule has 4 aromatic rings. The number of hydrogen-bond acceptors (Lipinski definition) is 5. The highest BCUT2D eigenvalue weighted by molar-refractivity contribution is 7.98. The molecule has 3 aromatic carbocycles. The molecule has 4 rings (SSSR count). The molecule has 0 fully saturated rings. The monoisotopic (exact) mass is 519 g/mol. The van der Waals surface area contributed by atoms with Crippen LogP contribution in [0.5, 0.6) is 0 Å². The number of carboxylic acids is 1. The minimum Gasteiger partial charge on any atom is -0.481 e. The van der Waals surface area contributed by atoms with Crippen molar-refractivity contribution in [1.29, 1.82) is 0 Å². The molecule has 1 aromatic heterocycles. The topological polar surface area (TPSA) is 84.3 Å². The first kappa shape index (κ1) is 25.9. The number of rotatable bonds is 8. The van der Waals surface area contributed by atoms with Gasteiger partial charge in [0.1, 0.15) is 0 Å². The van der Waals surface area contributed by atoms with Gasteiger partial charge < -0.3 is 5.11 Å². The summed E-state index contributed by atoms with van der Waals surface area (Å²) < 4.78 is 24.1. The van der Waals surface area contributed by atoms with Crippen LogP contribution < -0.4 is 0 Å². The van der Waals surface area contributed by atoms with Crippen LogP contribution >= 0.6 is 11.8 Å². The number of aromatic nitrogens is 1. The molecule has 5 nitrogen and oxygen atoms in total. The molecule has 1 unspecified atom stereocenters. The van der Waals surface area contributed by atoms with Gasteiger partial charge in [0.15, 0.2) is 9.84 Å². The first-order valence-electron chi connectivity index (χ1n) is 11.6. The van der Waals surface area contributed by atoms with E-state index < -0.39 is 26.5 Å². The molecular formula is C29H29NO4S2. The van der Waals surface area contributed by atoms with E-state index in [4.69, 9.17) is 0 Å². The zero-order chi connectivity index (χ0) is 26.1. The Bertz CT molecular complexity index is 1530. The lowest BCUT2D eigenvalue weighted by Crippen LogP contribution is -2.28. The third kappa shape index (κ3) is 5.18. The number of sulfone groups is 1. The van der Waals surface area contributed by atoms with E-state index in [0.717, 1.165) is 38.1 Å². The zero-order valence-electron chi connectivity index (χ0n) is 20.7. The van der Waals surface area contributed by atoms with Crippen molar-refractivity contribution in [2.75, 3.05) is 12.5 Å². The first-order valence-corrected chi connectivity index (χ1v) is 14.7. The van der Waals surface area contributed by atoms with Crippen molar-refractivity contribution in [3.05, 3.63) is 95.7 Å². The van der Waals surface area contributed by atoms with Gasteiger partial charge in [0, 0.05) is 28.3 Å². The Morgan fingerprint density at radius 2 is 1.75 bits per heavy atom. The molecule has 0 aliphatic carbocycles. The fraction of sp³-hybridized carbons (Fsp3) is 0.241. The second kappa shape index (κ2) is 10.1. The van der Waals surface area contributed by atoms with E-state index in [-0.39, 0.29) is 0 Å². The smallest absolute Gasteiger partial charge is 0.311 e. The van der Waals surface area contributed by atoms with Gasteiger partial charge in [0.05, 0.1) is 16.2 Å². The minimum atomic E-state index is -3.38. The molecule has 0 aliphatic heterocycles. The Labute approximate surface area is 216 Å². The van der Waals surface area contributed by atoms with Gasteiger partial charge in [-0.15, -0.1) is 11.8 Å². The predicted octanol–water partition coefficient (Wildman–Crippen LogP) is 6.31. The molecule has 0 radical (unpaired) electrons. The van der Waals surface area contributed by atoms with Crippen molar-refractivity contribution in [2.24, 2.45) is 0 Å². The van der Waals surface area contributed by atoms with Crippen molar-refractivity contribution in [2.45, 2.75) is 35.8 Å². The summed E-state index contributed by atoms with van der Waals surface area (Å²) in [6.07, 6.45) is 5.29. The predicted molar refractivity (Wildman–Crippen MR) is 147 cm³/mol. The zero-order valence-corrected chi connectivity index (χ0v) is 22.4. The molecule has 0 saturated heterocycles. The van der Waals surface area contributed by atoms with Crippen LogP contribution in [0.25, 0.3) is 22.0 Å². The van der Waals surface area contributed by atoms with E-state index in [0.29, 0.717) is 12.0 Å². The molecule has 0 saturated carbocycles. The van der Waals surface area contributed by atoms with E-state index in [1.807, 2.05) is 79.1 Å². The SMILES string of the molecule is CSc1ccc(C(Cc2cccc(-c3cc(C(C)(C)S(C)(=O)=O)cc4cccnc34)c2)C(=O)O)cc1. The highest BCUT2D eigenvalue weighted by atomic mass is 32.2. The number of aliphatic carboxylic acids is 1. The lowest BCUT2D eigenvalue weighted by molar-refractivity contribution is -0.138. The number of hydrogen-bond donors (Lipinski definition) is 1. The van der Waals surface area contributed by atoms with E-state index in [1.54, 1.807) is 31.8 Å². The fourth-order valence-corrected chi connectivity index (χ4v) is 5.21. The quantitative estimate of drug-likeness (QED) is 0.275. The molecular weight excluding hydrogens is 490 g/mol. The van der Waals surface area contributed by atoms with Crippen LogP contribution in [0.15, 0.2) is 83.9 Å². The number of pyridine rings is 1. The van der Waals surface area contributed by atoms with Crippen LogP contribution in [-0.2, 0) is 25.8 Å². The Morgan fingerprint density at radius 3 is 2.39 bits per heavy atom. The Balaban J connectivity index is 1.79. The lowest BCUT2D eigenvalue weighted by Gasteiger charge is -2.24. The average molecular weight is 520 g/mol. The number of nitrogens with zero attached hydrogens (tertiary/aromatic N) is 1. The summed E-state index contributed by atoms with van der Waals surface area (Å²) in [5, 5.41) is 10.8. The molecule has 1 N–H and O–H groups in total. The summed E-state index contributed by atoms with van der Waals surface area (Å²) in [4.78, 5) is 17.8. The largest absolute Gasteiger partial charge is 0.481 e. The molecule has 1 heterocycles. The van der Waals surface area contributed by atoms with E-state index in [1.165, 1.54) is 6.26 Å². The Morgan fingerprint density at radius 1 is 1.03 bits per heavy atom. The van der Waals surface area contributed by atoms with Gasteiger partial charge >= 0.3 is 5.97 Å². The van der Waals surface area contributed by atoms with Crippen molar-refractivity contribution >= 4 is 38.5 Å². The number of carboxylic acid groups (broad SMARTS) is 1. The van der Waals surface area contributed by atoms with Crippen LogP contribution in [0.1, 0.15) is 36.5 Å². The summed E-state index contributed by atoms with van der Waals surface area (Å²) in [5.74, 6) is -1.55. The Hall–Kier alpha value is -3.16. The normalized spacial score (nSPS) is 13.0. The lowest BCUT2D eigenvalue weighted by atomic mass is 9.89. The van der Waals surface area contributed by atoms with Crippen LogP contribution in [-0.4, -0.2) is 37.0 Å². The molecule has 0 spiro atoms. The van der Waals surface area contributed by atoms with Gasteiger partial charge in [-0.3, -0.25) is 9.78 Å². The maximum Gasteiger partial charge on any atom is 0.311 e. The van der Waals surface area contributed by atoms with Crippen LogP contribution in [0.2, 0.25) is 0 Å². The maximum atomic E-state index is 12.6. The second-order valence-corrected chi connectivity index (χ2v) is 12.9. The van der Waals surface area contributed by atoms with Crippen molar-refractivity contribution < 1.29 is 18.3 Å². The number of carbonyl (C=O) groups is 1. The molecule has 1 atom stereocenters. The van der Waals surface area contributed by atoms with Crippen molar-refractivity contribution in [1.82, 2.24) is 4.98 Å². The maximum absolute atomic E-state index is 12.6.